The standard InChI is InChI=1S/C14H21IN2/c1-10-11(2)17(9-8-13(10)16-3)14-7-5-4-6-12(14)15/h4-7,10-11,13,16H,8-9H2,1-3H3. The number of hydrogen-bond donors (Lipinski definition) is 1. The molecule has 3 heteroatoms. The summed E-state index contributed by atoms with van der Waals surface area (Å²) in [5, 5.41) is 3.44. The van der Waals surface area contributed by atoms with Gasteiger partial charge in [0.25, 0.3) is 0 Å². The Morgan fingerprint density at radius 3 is 2.65 bits per heavy atom. The fourth-order valence-corrected chi connectivity index (χ4v) is 3.49. The average molecular weight is 344 g/mol. The van der Waals surface area contributed by atoms with Crippen molar-refractivity contribution in [2.45, 2.75) is 32.4 Å². The van der Waals surface area contributed by atoms with Crippen LogP contribution in [0.1, 0.15) is 20.3 Å². The van der Waals surface area contributed by atoms with E-state index in [9.17, 15) is 0 Å². The molecule has 0 bridgehead atoms. The van der Waals surface area contributed by atoms with Gasteiger partial charge in [-0.15, -0.1) is 0 Å². The van der Waals surface area contributed by atoms with Crippen LogP contribution >= 0.6 is 22.6 Å². The normalized spacial score (nSPS) is 29.4. The Morgan fingerprint density at radius 1 is 1.29 bits per heavy atom. The molecule has 0 aliphatic carbocycles. The molecule has 0 aromatic heterocycles. The number of piperidine rings is 1. The second-order valence-corrected chi connectivity index (χ2v) is 6.09. The largest absolute Gasteiger partial charge is 0.368 e. The molecule has 17 heavy (non-hydrogen) atoms. The van der Waals surface area contributed by atoms with Gasteiger partial charge in [-0.1, -0.05) is 19.1 Å². The van der Waals surface area contributed by atoms with Crippen molar-refractivity contribution >= 4 is 28.3 Å². The lowest BCUT2D eigenvalue weighted by Crippen LogP contribution is -2.53. The van der Waals surface area contributed by atoms with Crippen molar-refractivity contribution in [3.63, 3.8) is 0 Å². The first kappa shape index (κ1) is 13.1. The summed E-state index contributed by atoms with van der Waals surface area (Å²) in [6.07, 6.45) is 1.23. The van der Waals surface area contributed by atoms with Crippen molar-refractivity contribution in [1.82, 2.24) is 5.32 Å². The number of para-hydroxylation sites is 1. The number of rotatable bonds is 2. The number of anilines is 1. The minimum absolute atomic E-state index is 0.595. The first-order chi connectivity index (χ1) is 8.15. The molecule has 3 unspecified atom stereocenters. The van der Waals surface area contributed by atoms with Crippen molar-refractivity contribution in [1.29, 1.82) is 0 Å². The lowest BCUT2D eigenvalue weighted by molar-refractivity contribution is 0.282. The molecule has 1 aromatic carbocycles. The van der Waals surface area contributed by atoms with Crippen molar-refractivity contribution in [2.24, 2.45) is 5.92 Å². The highest BCUT2D eigenvalue weighted by Crippen LogP contribution is 2.31. The van der Waals surface area contributed by atoms with Gasteiger partial charge in [-0.05, 0) is 61.0 Å². The highest BCUT2D eigenvalue weighted by molar-refractivity contribution is 14.1. The summed E-state index contributed by atoms with van der Waals surface area (Å²) in [7, 11) is 2.08. The Morgan fingerprint density at radius 2 is 2.00 bits per heavy atom. The molecule has 2 nitrogen and oxygen atoms in total. The molecule has 0 radical (unpaired) electrons. The monoisotopic (exact) mass is 344 g/mol. The molecule has 1 saturated heterocycles. The van der Waals surface area contributed by atoms with Gasteiger partial charge >= 0.3 is 0 Å². The molecule has 2 rings (SSSR count). The fourth-order valence-electron chi connectivity index (χ4n) is 2.80. The molecular formula is C14H21IN2. The molecule has 1 aromatic rings. The van der Waals surface area contributed by atoms with Crippen LogP contribution in [0.5, 0.6) is 0 Å². The number of hydrogen-bond acceptors (Lipinski definition) is 2. The predicted molar refractivity (Wildman–Crippen MR) is 82.6 cm³/mol. The summed E-state index contributed by atoms with van der Waals surface area (Å²) in [4.78, 5) is 2.56. The fraction of sp³-hybridized carbons (Fsp3) is 0.571. The van der Waals surface area contributed by atoms with Crippen LogP contribution in [0.4, 0.5) is 5.69 Å². The van der Waals surface area contributed by atoms with Gasteiger partial charge in [-0.3, -0.25) is 0 Å². The highest BCUT2D eigenvalue weighted by atomic mass is 127. The Hall–Kier alpha value is -0.290. The van der Waals surface area contributed by atoms with E-state index in [0.717, 1.165) is 6.54 Å². The van der Waals surface area contributed by atoms with E-state index in [-0.39, 0.29) is 0 Å². The van der Waals surface area contributed by atoms with Crippen LogP contribution in [0.25, 0.3) is 0 Å². The van der Waals surface area contributed by atoms with E-state index in [2.05, 4.69) is 78.0 Å². The predicted octanol–water partition coefficient (Wildman–Crippen LogP) is 3.11. The molecule has 94 valence electrons. The zero-order chi connectivity index (χ0) is 12.4. The van der Waals surface area contributed by atoms with Crippen LogP contribution in [-0.2, 0) is 0 Å². The summed E-state index contributed by atoms with van der Waals surface area (Å²) in [6.45, 7) is 5.85. The number of benzene rings is 1. The van der Waals surface area contributed by atoms with Crippen molar-refractivity contribution in [3.05, 3.63) is 27.8 Å². The highest BCUT2D eigenvalue weighted by Gasteiger charge is 2.32. The number of nitrogens with zero attached hydrogens (tertiary/aromatic N) is 1. The van der Waals surface area contributed by atoms with Crippen molar-refractivity contribution in [2.75, 3.05) is 18.5 Å². The maximum atomic E-state index is 3.44. The lowest BCUT2D eigenvalue weighted by atomic mass is 9.87. The Kier molecular flexibility index (Phi) is 4.31. The Labute approximate surface area is 118 Å². The minimum atomic E-state index is 0.595. The van der Waals surface area contributed by atoms with Gasteiger partial charge < -0.3 is 10.2 Å². The Bertz CT molecular complexity index is 380. The van der Waals surface area contributed by atoms with E-state index in [1.165, 1.54) is 15.7 Å². The summed E-state index contributed by atoms with van der Waals surface area (Å²) >= 11 is 2.44. The van der Waals surface area contributed by atoms with Crippen LogP contribution in [0, 0.1) is 9.49 Å². The summed E-state index contributed by atoms with van der Waals surface area (Å²) in [5.41, 5.74) is 1.39. The van der Waals surface area contributed by atoms with Crippen LogP contribution in [0.3, 0.4) is 0 Å². The van der Waals surface area contributed by atoms with E-state index in [4.69, 9.17) is 0 Å². The van der Waals surface area contributed by atoms with Gasteiger partial charge in [0.15, 0.2) is 0 Å². The maximum Gasteiger partial charge on any atom is 0.0504 e. The lowest BCUT2D eigenvalue weighted by Gasteiger charge is -2.44. The average Bonchev–Trinajstić information content (AvgIpc) is 2.34. The van der Waals surface area contributed by atoms with E-state index >= 15 is 0 Å². The minimum Gasteiger partial charge on any atom is -0.368 e. The van der Waals surface area contributed by atoms with Crippen LogP contribution in [-0.4, -0.2) is 25.7 Å². The second-order valence-electron chi connectivity index (χ2n) is 4.93. The van der Waals surface area contributed by atoms with E-state index in [1.807, 2.05) is 0 Å². The second kappa shape index (κ2) is 5.57. The zero-order valence-electron chi connectivity index (χ0n) is 10.8. The van der Waals surface area contributed by atoms with Gasteiger partial charge in [-0.2, -0.15) is 0 Å². The summed E-state index contributed by atoms with van der Waals surface area (Å²) in [5.74, 6) is 0.685. The number of halogens is 1. The van der Waals surface area contributed by atoms with Crippen LogP contribution < -0.4 is 10.2 Å². The van der Waals surface area contributed by atoms with Crippen LogP contribution in [0.15, 0.2) is 24.3 Å². The van der Waals surface area contributed by atoms with Crippen molar-refractivity contribution < 1.29 is 0 Å². The van der Waals surface area contributed by atoms with Crippen LogP contribution in [0.2, 0.25) is 0 Å². The first-order valence-electron chi connectivity index (χ1n) is 6.33. The summed E-state index contributed by atoms with van der Waals surface area (Å²) < 4.78 is 1.35. The van der Waals surface area contributed by atoms with Gasteiger partial charge in [0, 0.05) is 22.2 Å². The molecule has 0 spiro atoms. The molecular weight excluding hydrogens is 323 g/mol. The molecule has 3 atom stereocenters. The molecule has 1 fully saturated rings. The third-order valence-corrected chi connectivity index (χ3v) is 5.01. The van der Waals surface area contributed by atoms with Gasteiger partial charge in [0.1, 0.15) is 0 Å². The Balaban J connectivity index is 2.21. The SMILES string of the molecule is CNC1CCN(c2ccccc2I)C(C)C1C. The van der Waals surface area contributed by atoms with Gasteiger partial charge in [0.2, 0.25) is 0 Å². The topological polar surface area (TPSA) is 15.3 Å². The third-order valence-electron chi connectivity index (χ3n) is 4.10. The molecule has 0 amide bonds. The van der Waals surface area contributed by atoms with E-state index < -0.39 is 0 Å². The van der Waals surface area contributed by atoms with E-state index in [0.29, 0.717) is 18.0 Å². The molecule has 1 heterocycles. The zero-order valence-corrected chi connectivity index (χ0v) is 12.9. The molecule has 1 aliphatic heterocycles. The van der Waals surface area contributed by atoms with Gasteiger partial charge in [0.05, 0.1) is 5.69 Å². The smallest absolute Gasteiger partial charge is 0.0504 e. The van der Waals surface area contributed by atoms with Gasteiger partial charge in [-0.25, -0.2) is 0 Å². The van der Waals surface area contributed by atoms with Crippen molar-refractivity contribution in [3.8, 4) is 0 Å². The molecule has 1 aliphatic rings. The molecule has 1 N–H and O–H groups in total. The first-order valence-corrected chi connectivity index (χ1v) is 7.41. The maximum absolute atomic E-state index is 3.44. The third kappa shape index (κ3) is 2.60. The summed E-state index contributed by atoms with van der Waals surface area (Å²) in [6, 6.07) is 9.93. The van der Waals surface area contributed by atoms with E-state index in [1.54, 1.807) is 0 Å². The quantitative estimate of drug-likeness (QED) is 0.830. The number of nitrogens with one attached hydrogen (secondary N) is 1. The molecule has 0 saturated carbocycles.